The van der Waals surface area contributed by atoms with Crippen LogP contribution in [-0.4, -0.2) is 12.9 Å². The van der Waals surface area contributed by atoms with Gasteiger partial charge in [-0.1, -0.05) is 11.3 Å². The van der Waals surface area contributed by atoms with E-state index in [2.05, 4.69) is 0 Å². The summed E-state index contributed by atoms with van der Waals surface area (Å²) in [6.07, 6.45) is 3.14. The molecule has 0 radical (unpaired) electrons. The van der Waals surface area contributed by atoms with Gasteiger partial charge in [0.05, 0.1) is 11.3 Å². The van der Waals surface area contributed by atoms with E-state index in [0.29, 0.717) is 4.02 Å². The van der Waals surface area contributed by atoms with Gasteiger partial charge >= 0.3 is 0 Å². The summed E-state index contributed by atoms with van der Waals surface area (Å²) in [7, 11) is 0. The Balaban J connectivity index is 1.82. The molecule has 90 valence electrons. The van der Waals surface area contributed by atoms with Crippen LogP contribution in [0.15, 0.2) is 22.6 Å². The van der Waals surface area contributed by atoms with Gasteiger partial charge in [-0.2, -0.15) is 0 Å². The molecule has 3 rings (SSSR count). The number of benzene rings is 1. The van der Waals surface area contributed by atoms with Crippen molar-refractivity contribution in [2.24, 2.45) is 0 Å². The standard InChI is InChI=1S/C12H12O3S2/c16-12-15-9-5-4-8(7-10(9)17-12)14-11-3-1-2-6-13-11/h4-5,7,11H,1-3,6H2. The van der Waals surface area contributed by atoms with Crippen LogP contribution < -0.4 is 4.74 Å². The van der Waals surface area contributed by atoms with Gasteiger partial charge < -0.3 is 13.9 Å². The molecule has 1 saturated heterocycles. The van der Waals surface area contributed by atoms with Gasteiger partial charge in [-0.05, 0) is 37.2 Å². The van der Waals surface area contributed by atoms with Crippen molar-refractivity contribution >= 4 is 33.8 Å². The van der Waals surface area contributed by atoms with Gasteiger partial charge in [0.1, 0.15) is 11.3 Å². The van der Waals surface area contributed by atoms with Crippen molar-refractivity contribution in [2.75, 3.05) is 6.61 Å². The van der Waals surface area contributed by atoms with E-state index < -0.39 is 0 Å². The van der Waals surface area contributed by atoms with Gasteiger partial charge in [0.2, 0.25) is 4.02 Å². The van der Waals surface area contributed by atoms with E-state index >= 15 is 0 Å². The molecule has 0 N–H and O–H groups in total. The van der Waals surface area contributed by atoms with Crippen LogP contribution in [0.3, 0.4) is 0 Å². The fourth-order valence-electron chi connectivity index (χ4n) is 1.88. The van der Waals surface area contributed by atoms with Crippen LogP contribution in [-0.2, 0) is 4.74 Å². The van der Waals surface area contributed by atoms with Crippen molar-refractivity contribution in [1.29, 1.82) is 0 Å². The SMILES string of the molecule is S=c1oc2ccc(OC3CCCCO3)cc2s1. The van der Waals surface area contributed by atoms with Crippen molar-refractivity contribution in [1.82, 2.24) is 0 Å². The van der Waals surface area contributed by atoms with Crippen molar-refractivity contribution in [3.8, 4) is 5.75 Å². The third kappa shape index (κ3) is 2.51. The minimum absolute atomic E-state index is 0.110. The predicted octanol–water partition coefficient (Wildman–Crippen LogP) is 4.13. The maximum absolute atomic E-state index is 5.78. The van der Waals surface area contributed by atoms with E-state index in [1.54, 1.807) is 0 Å². The zero-order valence-corrected chi connectivity index (χ0v) is 10.8. The molecule has 1 unspecified atom stereocenters. The molecule has 1 aliphatic rings. The van der Waals surface area contributed by atoms with E-state index in [-0.39, 0.29) is 6.29 Å². The molecule has 0 bridgehead atoms. The zero-order chi connectivity index (χ0) is 11.7. The quantitative estimate of drug-likeness (QED) is 0.766. The lowest BCUT2D eigenvalue weighted by Gasteiger charge is -2.23. The highest BCUT2D eigenvalue weighted by molar-refractivity contribution is 7.73. The average Bonchev–Trinajstić information content (AvgIpc) is 2.70. The normalized spacial score (nSPS) is 20.6. The first-order chi connectivity index (χ1) is 8.31. The van der Waals surface area contributed by atoms with Crippen LogP contribution in [0.1, 0.15) is 19.3 Å². The number of hydrogen-bond acceptors (Lipinski definition) is 5. The molecule has 0 amide bonds. The van der Waals surface area contributed by atoms with Gasteiger partial charge in [-0.3, -0.25) is 0 Å². The van der Waals surface area contributed by atoms with E-state index in [1.165, 1.54) is 11.3 Å². The van der Waals surface area contributed by atoms with Crippen LogP contribution in [0.25, 0.3) is 10.3 Å². The smallest absolute Gasteiger partial charge is 0.248 e. The predicted molar refractivity (Wildman–Crippen MR) is 69.1 cm³/mol. The molecule has 1 fully saturated rings. The molecule has 5 heteroatoms. The summed E-state index contributed by atoms with van der Waals surface area (Å²) >= 11 is 6.46. The second-order valence-electron chi connectivity index (χ2n) is 3.98. The van der Waals surface area contributed by atoms with Crippen molar-refractivity contribution in [2.45, 2.75) is 25.6 Å². The lowest BCUT2D eigenvalue weighted by molar-refractivity contribution is -0.105. The second-order valence-corrected chi connectivity index (χ2v) is 5.62. The summed E-state index contributed by atoms with van der Waals surface area (Å²) in [5, 5.41) is 0. The van der Waals surface area contributed by atoms with E-state index in [1.807, 2.05) is 18.2 Å². The van der Waals surface area contributed by atoms with E-state index in [4.69, 9.17) is 26.1 Å². The fraction of sp³-hybridized carbons (Fsp3) is 0.417. The monoisotopic (exact) mass is 268 g/mol. The molecule has 2 heterocycles. The van der Waals surface area contributed by atoms with Gasteiger partial charge in [-0.25, -0.2) is 0 Å². The Hall–Kier alpha value is -0.910. The lowest BCUT2D eigenvalue weighted by Crippen LogP contribution is -2.24. The first kappa shape index (κ1) is 11.2. The molecule has 1 aromatic heterocycles. The lowest BCUT2D eigenvalue weighted by atomic mass is 10.2. The zero-order valence-electron chi connectivity index (χ0n) is 9.18. The van der Waals surface area contributed by atoms with Gasteiger partial charge in [0, 0.05) is 12.5 Å². The van der Waals surface area contributed by atoms with Crippen molar-refractivity contribution in [3.63, 3.8) is 0 Å². The summed E-state index contributed by atoms with van der Waals surface area (Å²) < 4.78 is 18.2. The summed E-state index contributed by atoms with van der Waals surface area (Å²) in [4.78, 5) is 0. The van der Waals surface area contributed by atoms with E-state index in [9.17, 15) is 0 Å². The molecular formula is C12H12O3S2. The maximum Gasteiger partial charge on any atom is 0.248 e. The Labute approximate surface area is 108 Å². The molecule has 17 heavy (non-hydrogen) atoms. The second kappa shape index (κ2) is 4.76. The first-order valence-corrected chi connectivity index (χ1v) is 6.86. The van der Waals surface area contributed by atoms with Crippen LogP contribution in [0, 0.1) is 4.02 Å². The average molecular weight is 268 g/mol. The summed E-state index contributed by atoms with van der Waals surface area (Å²) in [5.74, 6) is 0.816. The van der Waals surface area contributed by atoms with Crippen LogP contribution in [0.4, 0.5) is 0 Å². The molecular weight excluding hydrogens is 256 g/mol. The molecule has 1 aromatic carbocycles. The fourth-order valence-corrected chi connectivity index (χ4v) is 2.94. The summed E-state index contributed by atoms with van der Waals surface area (Å²) in [6.45, 7) is 0.789. The largest absolute Gasteiger partial charge is 0.465 e. The minimum Gasteiger partial charge on any atom is -0.465 e. The first-order valence-electron chi connectivity index (χ1n) is 5.63. The molecule has 0 aliphatic carbocycles. The Morgan fingerprint density at radius 2 is 2.29 bits per heavy atom. The van der Waals surface area contributed by atoms with Gasteiger partial charge in [-0.15, -0.1) is 0 Å². The van der Waals surface area contributed by atoms with Gasteiger partial charge in [0.25, 0.3) is 0 Å². The Kier molecular flexibility index (Phi) is 3.13. The molecule has 1 atom stereocenters. The van der Waals surface area contributed by atoms with Crippen LogP contribution in [0.5, 0.6) is 5.75 Å². The number of rotatable bonds is 2. The number of ether oxygens (including phenoxy) is 2. The van der Waals surface area contributed by atoms with Crippen molar-refractivity contribution < 1.29 is 13.9 Å². The highest BCUT2D eigenvalue weighted by atomic mass is 32.1. The number of hydrogen-bond donors (Lipinski definition) is 0. The van der Waals surface area contributed by atoms with Crippen LogP contribution in [0.2, 0.25) is 0 Å². The van der Waals surface area contributed by atoms with E-state index in [0.717, 1.165) is 41.9 Å². The minimum atomic E-state index is -0.110. The van der Waals surface area contributed by atoms with Crippen LogP contribution >= 0.6 is 23.6 Å². The van der Waals surface area contributed by atoms with Crippen molar-refractivity contribution in [3.05, 3.63) is 22.2 Å². The molecule has 1 aliphatic heterocycles. The topological polar surface area (TPSA) is 31.6 Å². The third-order valence-electron chi connectivity index (χ3n) is 2.71. The Morgan fingerprint density at radius 1 is 1.35 bits per heavy atom. The maximum atomic E-state index is 5.78. The Morgan fingerprint density at radius 3 is 3.12 bits per heavy atom. The molecule has 2 aromatic rings. The highest BCUT2D eigenvalue weighted by Gasteiger charge is 2.15. The summed E-state index contributed by atoms with van der Waals surface area (Å²) in [5.41, 5.74) is 0.817. The molecule has 0 saturated carbocycles. The number of fused-ring (bicyclic) bond motifs is 1. The van der Waals surface area contributed by atoms with Gasteiger partial charge in [0.15, 0.2) is 6.29 Å². The molecule has 0 spiro atoms. The molecule has 3 nitrogen and oxygen atoms in total. The Bertz CT molecular complexity index is 566. The summed E-state index contributed by atoms with van der Waals surface area (Å²) in [6, 6.07) is 5.74. The highest BCUT2D eigenvalue weighted by Crippen LogP contribution is 2.28. The third-order valence-corrected chi connectivity index (χ3v) is 3.83.